The second kappa shape index (κ2) is 7.81. The fraction of sp³-hybridized carbons (Fsp3) is 0.462. The molecule has 0 aliphatic carbocycles. The maximum Gasteiger partial charge on any atom is 0.248 e. The van der Waals surface area contributed by atoms with Gasteiger partial charge in [-0.2, -0.15) is 0 Å². The van der Waals surface area contributed by atoms with Crippen LogP contribution in [0.5, 0.6) is 0 Å². The van der Waals surface area contributed by atoms with Gasteiger partial charge in [0.05, 0.1) is 6.61 Å². The molecule has 0 radical (unpaired) electrons. The van der Waals surface area contributed by atoms with E-state index in [0.717, 1.165) is 12.1 Å². The van der Waals surface area contributed by atoms with Gasteiger partial charge in [0.2, 0.25) is 5.91 Å². The second-order valence-corrected chi connectivity index (χ2v) is 4.14. The fourth-order valence-corrected chi connectivity index (χ4v) is 1.74. The van der Waals surface area contributed by atoms with Gasteiger partial charge in [0.15, 0.2) is 0 Å². The molecule has 5 heteroatoms. The third-order valence-electron chi connectivity index (χ3n) is 2.69. The van der Waals surface area contributed by atoms with Gasteiger partial charge in [0, 0.05) is 31.8 Å². The monoisotopic (exact) mass is 252 g/mol. The third-order valence-corrected chi connectivity index (χ3v) is 2.69. The van der Waals surface area contributed by atoms with E-state index < -0.39 is 5.91 Å². The molecule has 5 nitrogen and oxygen atoms in total. The molecule has 0 bridgehead atoms. The summed E-state index contributed by atoms with van der Waals surface area (Å²) in [6, 6.07) is 7.09. The summed E-state index contributed by atoms with van der Waals surface area (Å²) in [5.41, 5.74) is 6.70. The smallest absolute Gasteiger partial charge is 0.248 e. The SMILES string of the molecule is NC(=O)c1ccc(CN(CCO)CCCO)cc1. The second-order valence-electron chi connectivity index (χ2n) is 4.14. The van der Waals surface area contributed by atoms with Crippen LogP contribution >= 0.6 is 0 Å². The molecule has 0 spiro atoms. The number of nitrogens with two attached hydrogens (primary N) is 1. The van der Waals surface area contributed by atoms with Gasteiger partial charge in [0.1, 0.15) is 0 Å². The molecule has 1 aromatic rings. The zero-order chi connectivity index (χ0) is 13.4. The van der Waals surface area contributed by atoms with Crippen LogP contribution < -0.4 is 5.73 Å². The molecule has 0 saturated heterocycles. The van der Waals surface area contributed by atoms with Crippen molar-refractivity contribution in [2.45, 2.75) is 13.0 Å². The lowest BCUT2D eigenvalue weighted by Crippen LogP contribution is -2.28. The fourth-order valence-electron chi connectivity index (χ4n) is 1.74. The Hall–Kier alpha value is -1.43. The first-order chi connectivity index (χ1) is 8.67. The number of aliphatic hydroxyl groups is 2. The molecule has 0 saturated carbocycles. The normalized spacial score (nSPS) is 10.8. The highest BCUT2D eigenvalue weighted by Crippen LogP contribution is 2.07. The molecule has 1 amide bonds. The van der Waals surface area contributed by atoms with Gasteiger partial charge < -0.3 is 15.9 Å². The highest BCUT2D eigenvalue weighted by molar-refractivity contribution is 5.92. The Morgan fingerprint density at radius 1 is 1.11 bits per heavy atom. The van der Waals surface area contributed by atoms with Crippen molar-refractivity contribution in [2.24, 2.45) is 5.73 Å². The number of amides is 1. The van der Waals surface area contributed by atoms with Crippen LogP contribution in [0.2, 0.25) is 0 Å². The van der Waals surface area contributed by atoms with Crippen molar-refractivity contribution in [2.75, 3.05) is 26.3 Å². The van der Waals surface area contributed by atoms with Gasteiger partial charge in [-0.3, -0.25) is 9.69 Å². The van der Waals surface area contributed by atoms with Gasteiger partial charge >= 0.3 is 0 Å². The number of aliphatic hydroxyl groups excluding tert-OH is 2. The highest BCUT2D eigenvalue weighted by Gasteiger charge is 2.06. The van der Waals surface area contributed by atoms with E-state index in [0.29, 0.717) is 25.1 Å². The Bertz CT molecular complexity index is 365. The Morgan fingerprint density at radius 2 is 1.78 bits per heavy atom. The van der Waals surface area contributed by atoms with Crippen LogP contribution in [0, 0.1) is 0 Å². The maximum atomic E-state index is 10.9. The van der Waals surface area contributed by atoms with E-state index in [4.69, 9.17) is 15.9 Å². The van der Waals surface area contributed by atoms with Gasteiger partial charge in [0.25, 0.3) is 0 Å². The van der Waals surface area contributed by atoms with E-state index in [9.17, 15) is 4.79 Å². The van der Waals surface area contributed by atoms with Crippen LogP contribution in [0.4, 0.5) is 0 Å². The molecule has 4 N–H and O–H groups in total. The van der Waals surface area contributed by atoms with E-state index >= 15 is 0 Å². The standard InChI is InChI=1S/C13H20N2O3/c14-13(18)12-4-2-11(3-5-12)10-15(7-9-17)6-1-8-16/h2-5,16-17H,1,6-10H2,(H2,14,18). The number of hydrogen-bond donors (Lipinski definition) is 3. The van der Waals surface area contributed by atoms with Crippen LogP contribution in [0.25, 0.3) is 0 Å². The summed E-state index contributed by atoms with van der Waals surface area (Å²) in [5, 5.41) is 17.8. The van der Waals surface area contributed by atoms with Crippen molar-refractivity contribution in [1.82, 2.24) is 4.90 Å². The lowest BCUT2D eigenvalue weighted by Gasteiger charge is -2.20. The summed E-state index contributed by atoms with van der Waals surface area (Å²) >= 11 is 0. The van der Waals surface area contributed by atoms with Crippen molar-refractivity contribution in [3.63, 3.8) is 0 Å². The average Bonchev–Trinajstić information content (AvgIpc) is 2.37. The first-order valence-corrected chi connectivity index (χ1v) is 6.00. The maximum absolute atomic E-state index is 10.9. The van der Waals surface area contributed by atoms with Gasteiger partial charge in [-0.15, -0.1) is 0 Å². The number of rotatable bonds is 8. The summed E-state index contributed by atoms with van der Waals surface area (Å²) in [7, 11) is 0. The Balaban J connectivity index is 2.59. The molecule has 0 atom stereocenters. The Labute approximate surface area is 107 Å². The molecule has 0 fully saturated rings. The van der Waals surface area contributed by atoms with Crippen LogP contribution in [-0.4, -0.2) is 47.3 Å². The zero-order valence-corrected chi connectivity index (χ0v) is 10.4. The molecule has 0 aromatic heterocycles. The molecule has 0 aliphatic rings. The summed E-state index contributed by atoms with van der Waals surface area (Å²) in [6.45, 7) is 2.21. The minimum Gasteiger partial charge on any atom is -0.396 e. The number of hydrogen-bond acceptors (Lipinski definition) is 4. The average molecular weight is 252 g/mol. The lowest BCUT2D eigenvalue weighted by molar-refractivity contribution is 0.100. The molecule has 0 heterocycles. The number of primary amides is 1. The molecular weight excluding hydrogens is 232 g/mol. The summed E-state index contributed by atoms with van der Waals surface area (Å²) in [4.78, 5) is 13.0. The number of carbonyl (C=O) groups excluding carboxylic acids is 1. The molecule has 1 rings (SSSR count). The Kier molecular flexibility index (Phi) is 6.35. The molecule has 0 aliphatic heterocycles. The number of carbonyl (C=O) groups is 1. The first kappa shape index (κ1) is 14.6. The van der Waals surface area contributed by atoms with Crippen LogP contribution in [0.3, 0.4) is 0 Å². The van der Waals surface area contributed by atoms with E-state index in [1.165, 1.54) is 0 Å². The first-order valence-electron chi connectivity index (χ1n) is 6.00. The van der Waals surface area contributed by atoms with E-state index in [1.807, 2.05) is 12.1 Å². The van der Waals surface area contributed by atoms with Crippen molar-refractivity contribution in [1.29, 1.82) is 0 Å². The molecule has 18 heavy (non-hydrogen) atoms. The summed E-state index contributed by atoms with van der Waals surface area (Å²) < 4.78 is 0. The third kappa shape index (κ3) is 4.83. The predicted molar refractivity (Wildman–Crippen MR) is 69.0 cm³/mol. The van der Waals surface area contributed by atoms with Gasteiger partial charge in [-0.05, 0) is 24.1 Å². The van der Waals surface area contributed by atoms with Gasteiger partial charge in [-0.25, -0.2) is 0 Å². The topological polar surface area (TPSA) is 86.8 Å². The van der Waals surface area contributed by atoms with E-state index in [2.05, 4.69) is 4.90 Å². The summed E-state index contributed by atoms with van der Waals surface area (Å²) in [6.07, 6.45) is 0.680. The minimum atomic E-state index is -0.436. The summed E-state index contributed by atoms with van der Waals surface area (Å²) in [5.74, 6) is -0.436. The van der Waals surface area contributed by atoms with Crippen LogP contribution in [-0.2, 0) is 6.54 Å². The van der Waals surface area contributed by atoms with Gasteiger partial charge in [-0.1, -0.05) is 12.1 Å². The molecule has 0 unspecified atom stereocenters. The van der Waals surface area contributed by atoms with Crippen LogP contribution in [0.15, 0.2) is 24.3 Å². The zero-order valence-electron chi connectivity index (χ0n) is 10.4. The van der Waals surface area contributed by atoms with Crippen molar-refractivity contribution >= 4 is 5.91 Å². The Morgan fingerprint density at radius 3 is 2.28 bits per heavy atom. The quantitative estimate of drug-likeness (QED) is 0.606. The lowest BCUT2D eigenvalue weighted by atomic mass is 10.1. The van der Waals surface area contributed by atoms with Crippen molar-refractivity contribution in [3.8, 4) is 0 Å². The largest absolute Gasteiger partial charge is 0.396 e. The molecule has 1 aromatic carbocycles. The predicted octanol–water partition coefficient (Wildman–Crippen LogP) is -0.0378. The van der Waals surface area contributed by atoms with Crippen molar-refractivity contribution < 1.29 is 15.0 Å². The van der Waals surface area contributed by atoms with E-state index in [1.54, 1.807) is 12.1 Å². The number of benzene rings is 1. The van der Waals surface area contributed by atoms with E-state index in [-0.39, 0.29) is 13.2 Å². The minimum absolute atomic E-state index is 0.0881. The molecular formula is C13H20N2O3. The highest BCUT2D eigenvalue weighted by atomic mass is 16.3. The number of nitrogens with zero attached hydrogens (tertiary/aromatic N) is 1. The molecule has 100 valence electrons. The van der Waals surface area contributed by atoms with Crippen molar-refractivity contribution in [3.05, 3.63) is 35.4 Å². The van der Waals surface area contributed by atoms with Crippen LogP contribution in [0.1, 0.15) is 22.3 Å².